The fourth-order valence-electron chi connectivity index (χ4n) is 14.3. The van der Waals surface area contributed by atoms with Gasteiger partial charge in [-0.25, -0.2) is 9.97 Å². The number of methoxy groups -OCH3 is 1. The second kappa shape index (κ2) is 37.4. The fraction of sp³-hybridized carbons (Fsp3) is 0.110. The van der Waals surface area contributed by atoms with E-state index in [0.29, 0.717) is 16.3 Å². The Balaban J connectivity index is 0.000000145. The second-order valence-corrected chi connectivity index (χ2v) is 27.0. The number of aryl methyl sites for hydroxylation is 1. The van der Waals surface area contributed by atoms with Crippen LogP contribution in [0, 0.1) is 30.3 Å². The molecule has 0 atom stereocenters. The van der Waals surface area contributed by atoms with E-state index < -0.39 is 0 Å². The maximum Gasteiger partial charge on any atom is 2.00 e. The first-order chi connectivity index (χ1) is 51.5. The number of pyridine rings is 5. The van der Waals surface area contributed by atoms with Crippen molar-refractivity contribution < 1.29 is 101 Å². The molecule has 20 heteroatoms. The van der Waals surface area contributed by atoms with Crippen LogP contribution in [0.4, 0.5) is 5.82 Å². The van der Waals surface area contributed by atoms with Gasteiger partial charge in [0.05, 0.1) is 74.6 Å². The van der Waals surface area contributed by atoms with Gasteiger partial charge in [-0.05, 0) is 75.2 Å². The average Bonchev–Trinajstić information content (AvgIpc) is 1.53. The molecular weight excluding hydrogens is 1630 g/mol. The number of quaternary nitrogens is 1. The molecule has 0 aliphatic rings. The van der Waals surface area contributed by atoms with Gasteiger partial charge in [-0.15, -0.1) is 143 Å². The maximum atomic E-state index is 5.25. The molecule has 21 aromatic rings. The van der Waals surface area contributed by atoms with Crippen molar-refractivity contribution in [2.24, 2.45) is 0 Å². The van der Waals surface area contributed by atoms with Crippen LogP contribution >= 0.6 is 9.69 Å². The normalized spacial score (nSPS) is 11.0. The molecule has 11 aromatic carbocycles. The zero-order valence-electron chi connectivity index (χ0n) is 63.6. The van der Waals surface area contributed by atoms with E-state index in [1.165, 1.54) is 81.5 Å². The number of para-hydroxylation sites is 5. The molecule has 10 heterocycles. The van der Waals surface area contributed by atoms with Crippen LogP contribution in [0.15, 0.2) is 274 Å². The fourth-order valence-corrected chi connectivity index (χ4v) is 14.3. The summed E-state index contributed by atoms with van der Waals surface area (Å²) in [6.45, 7) is 6.49. The minimum Gasteiger partial charge on any atom is -1.00 e. The van der Waals surface area contributed by atoms with E-state index in [9.17, 15) is 0 Å². The monoisotopic (exact) mass is 1700 g/mol. The molecule has 0 radical (unpaired) electrons. The first-order valence-electron chi connectivity index (χ1n) is 35.1. The van der Waals surface area contributed by atoms with Crippen molar-refractivity contribution in [2.75, 3.05) is 28.3 Å². The van der Waals surface area contributed by atoms with E-state index in [1.54, 1.807) is 7.11 Å². The third kappa shape index (κ3) is 16.6. The predicted molar refractivity (Wildman–Crippen MR) is 441 cm³/mol. The summed E-state index contributed by atoms with van der Waals surface area (Å²) >= 11 is 0.847. The van der Waals surface area contributed by atoms with Gasteiger partial charge in [0, 0.05) is 64.0 Å². The summed E-state index contributed by atoms with van der Waals surface area (Å²) < 4.78 is 16.8. The molecule has 0 amide bonds. The Bertz CT molecular complexity index is 6330. The summed E-state index contributed by atoms with van der Waals surface area (Å²) in [7, 11) is 12.8. The SMILES string of the molecule is CC(C)c1cn2c3ccccc3c3ccc[c-]c3c2n1.CCc1cn2c3ccccc3c3ccc[c-]c3c2n1.COc1cn2c3ccccc3c3ccc[c-]c3c2n1.C[N+](C)(C)c1cn2c3ccccc3c3ccc[c-]c3c2n1.[Br-].[Cl][Zn+].[I-].[Li+].[Li+].[Mg+2].[Mg+2].[c-]1cccc2c1c1nc(Cc3ccccc3)cn1c1ccccc21. The van der Waals surface area contributed by atoms with Gasteiger partial charge in [0.2, 0.25) is 11.7 Å². The molecule has 524 valence electrons. The summed E-state index contributed by atoms with van der Waals surface area (Å²) in [6, 6.07) is 100. The molecular formula is C91H71BrClILi2Mg2N11OZn+. The van der Waals surface area contributed by atoms with Gasteiger partial charge in [-0.3, -0.25) is 19.4 Å². The Morgan fingerprint density at radius 2 is 0.676 bits per heavy atom. The van der Waals surface area contributed by atoms with E-state index in [-0.39, 0.29) is 125 Å². The minimum absolute atomic E-state index is 0. The first kappa shape index (κ1) is 85.5. The van der Waals surface area contributed by atoms with Crippen LogP contribution in [0.3, 0.4) is 0 Å². The van der Waals surface area contributed by atoms with Gasteiger partial charge in [0.25, 0.3) is 0 Å². The standard InChI is InChI=1S/C22H15N2.C18H17N3.C18H15N2.C17H13N2.C16H11N2O.BrH.ClH.HI.2Li.2Mg.Zn/c1-2-8-16(9-3-1)14-17-15-24-21-13-7-6-11-19(21)18-10-4-5-12-20(18)22(24)23-17;1-21(2,3)17-12-20-16-11-7-6-9-14(16)13-8-4-5-10-15(13)18(20)19-17;1-12(2)16-11-20-17-10-6-5-8-14(17)13-7-3-4-9-15(13)18(20)19-16;1-2-12-11-19-16-10-6-5-8-14(16)13-7-3-4-9-15(13)17(19)18-12;1-19-15-10-18-14-9-5-4-7-12(14)11-6-2-3-8-13(11)16(18)17-15;;;;;;;;/h1-11,13,15H,14H2;4-9,11-12H,1-3H3;3-8,10-12H,1-2H3;3-8,10-11H,2H2,1H3;2-7,9-10H,1H3;3*1H;;;;;/q-1;;3*-1;;;;2*+1;3*+2/p-3. The molecule has 10 aromatic heterocycles. The molecule has 0 bridgehead atoms. The number of imidazole rings is 5. The van der Waals surface area contributed by atoms with E-state index in [2.05, 4.69) is 294 Å². The number of hydrogen-bond acceptors (Lipinski definition) is 6. The van der Waals surface area contributed by atoms with E-state index in [4.69, 9.17) is 34.4 Å². The van der Waals surface area contributed by atoms with Crippen molar-refractivity contribution in [1.29, 1.82) is 0 Å². The van der Waals surface area contributed by atoms with E-state index in [0.717, 1.165) is 114 Å². The molecule has 0 N–H and O–H groups in total. The van der Waals surface area contributed by atoms with Crippen molar-refractivity contribution >= 4 is 198 Å². The van der Waals surface area contributed by atoms with Crippen LogP contribution in [0.5, 0.6) is 5.88 Å². The topological polar surface area (TPSA) is 95.7 Å². The number of nitrogens with zero attached hydrogens (tertiary/aromatic N) is 11. The minimum atomic E-state index is 0. The third-order valence-electron chi connectivity index (χ3n) is 19.4. The molecule has 0 fully saturated rings. The van der Waals surface area contributed by atoms with Gasteiger partial charge < -0.3 is 67.7 Å². The first-order valence-corrected chi connectivity index (χ1v) is 39.0. The predicted octanol–water partition coefficient (Wildman–Crippen LogP) is 8.63. The van der Waals surface area contributed by atoms with Crippen molar-refractivity contribution in [3.63, 3.8) is 0 Å². The number of aromatic nitrogens is 10. The van der Waals surface area contributed by atoms with Crippen molar-refractivity contribution in [1.82, 2.24) is 51.4 Å². The Morgan fingerprint density at radius 3 is 1.04 bits per heavy atom. The zero-order chi connectivity index (χ0) is 71.9. The third-order valence-corrected chi connectivity index (χ3v) is 19.4. The van der Waals surface area contributed by atoms with Gasteiger partial charge in [-0.2, -0.15) is 0 Å². The zero-order valence-corrected chi connectivity index (χ0v) is 73.9. The van der Waals surface area contributed by atoms with Crippen LogP contribution in [-0.4, -0.2) is 121 Å². The Kier molecular flexibility index (Phi) is 28.8. The number of ether oxygens (including phenoxy) is 1. The number of fused-ring (bicyclic) bond motifs is 30. The smallest absolute Gasteiger partial charge is 1.00 e. The van der Waals surface area contributed by atoms with E-state index in [1.807, 2.05) is 79.0 Å². The summed E-state index contributed by atoms with van der Waals surface area (Å²) in [5, 5.41) is 17.6. The molecule has 0 spiro atoms. The van der Waals surface area contributed by atoms with E-state index >= 15 is 0 Å². The van der Waals surface area contributed by atoms with Crippen molar-refractivity contribution in [3.05, 3.63) is 327 Å². The second-order valence-electron chi connectivity index (χ2n) is 27.0. The Morgan fingerprint density at radius 1 is 0.378 bits per heavy atom. The van der Waals surface area contributed by atoms with Gasteiger partial charge >= 0.3 is 111 Å². The molecule has 12 nitrogen and oxygen atoms in total. The van der Waals surface area contributed by atoms with Crippen LogP contribution < -0.4 is 87.9 Å². The summed E-state index contributed by atoms with van der Waals surface area (Å²) in [5.41, 5.74) is 15.4. The quantitative estimate of drug-likeness (QED) is 0.0545. The van der Waals surface area contributed by atoms with Crippen LogP contribution in [0.1, 0.15) is 49.3 Å². The van der Waals surface area contributed by atoms with Crippen molar-refractivity contribution in [3.8, 4) is 5.88 Å². The van der Waals surface area contributed by atoms with Crippen LogP contribution in [0.25, 0.3) is 137 Å². The Labute approximate surface area is 742 Å². The summed E-state index contributed by atoms with van der Waals surface area (Å²) in [4.78, 5) is 23.9. The molecule has 0 saturated heterocycles. The van der Waals surface area contributed by atoms with Crippen LogP contribution in [0.2, 0.25) is 0 Å². The van der Waals surface area contributed by atoms with Crippen LogP contribution in [-0.2, 0) is 30.2 Å². The molecule has 111 heavy (non-hydrogen) atoms. The van der Waals surface area contributed by atoms with Crippen molar-refractivity contribution in [2.45, 2.75) is 39.5 Å². The van der Waals surface area contributed by atoms with Gasteiger partial charge in [0.1, 0.15) is 0 Å². The molecule has 0 aliphatic heterocycles. The number of benzene rings is 11. The van der Waals surface area contributed by atoms with Gasteiger partial charge in [-0.1, -0.05) is 174 Å². The molecule has 0 aliphatic carbocycles. The number of rotatable bonds is 6. The summed E-state index contributed by atoms with van der Waals surface area (Å²) in [6.07, 6.45) is 12.3. The maximum absolute atomic E-state index is 5.25. The largest absolute Gasteiger partial charge is 2.00 e. The molecule has 0 unspecified atom stereocenters. The summed E-state index contributed by atoms with van der Waals surface area (Å²) in [5.74, 6) is 2.09. The molecule has 0 saturated carbocycles. The molecule has 21 rings (SSSR count). The average molecular weight is 1700 g/mol. The number of halogens is 3. The van der Waals surface area contributed by atoms with Gasteiger partial charge in [0.15, 0.2) is 0 Å². The Hall–Kier alpha value is -7.92. The number of hydrogen-bond donors (Lipinski definition) is 0.